The Morgan fingerprint density at radius 3 is 2.86 bits per heavy atom. The molecule has 0 bridgehead atoms. The molecule has 1 aromatic heterocycles. The van der Waals surface area contributed by atoms with Crippen LogP contribution in [0.1, 0.15) is 32.5 Å². The monoisotopic (exact) mass is 332 g/mol. The second kappa shape index (κ2) is 5.88. The lowest BCUT2D eigenvalue weighted by atomic mass is 10.0. The molecule has 1 saturated heterocycles. The highest BCUT2D eigenvalue weighted by Gasteiger charge is 2.39. The standard InChI is InChI=1S/C12H20N4O3S2/c1-3-4-9-14-15-11(20)16(9)7-10(17)13-12(2)5-6-21(18,19)8-12/h3-8H2,1-2H3,(H,13,17)(H,15,20). The lowest BCUT2D eigenvalue weighted by Gasteiger charge is -2.24. The molecule has 0 aliphatic carbocycles. The van der Waals surface area contributed by atoms with Gasteiger partial charge in [0.25, 0.3) is 0 Å². The van der Waals surface area contributed by atoms with E-state index in [-0.39, 0.29) is 24.0 Å². The molecular formula is C12H20N4O3S2. The molecule has 2 heterocycles. The molecule has 21 heavy (non-hydrogen) atoms. The molecule has 1 atom stereocenters. The molecular weight excluding hydrogens is 312 g/mol. The van der Waals surface area contributed by atoms with Crippen molar-refractivity contribution in [3.05, 3.63) is 10.6 Å². The first-order valence-electron chi connectivity index (χ1n) is 6.90. The van der Waals surface area contributed by atoms with E-state index in [0.29, 0.717) is 11.2 Å². The number of aromatic amines is 1. The van der Waals surface area contributed by atoms with E-state index in [1.165, 1.54) is 0 Å². The number of rotatable bonds is 5. The van der Waals surface area contributed by atoms with Crippen LogP contribution in [0.4, 0.5) is 0 Å². The molecule has 1 aliphatic rings. The van der Waals surface area contributed by atoms with Crippen molar-refractivity contribution in [1.29, 1.82) is 0 Å². The summed E-state index contributed by atoms with van der Waals surface area (Å²) in [5, 5.41) is 9.60. The van der Waals surface area contributed by atoms with Gasteiger partial charge in [-0.05, 0) is 32.0 Å². The van der Waals surface area contributed by atoms with Crippen LogP contribution in [0.2, 0.25) is 0 Å². The van der Waals surface area contributed by atoms with Crippen LogP contribution < -0.4 is 5.32 Å². The van der Waals surface area contributed by atoms with E-state index in [1.54, 1.807) is 11.5 Å². The van der Waals surface area contributed by atoms with Crippen LogP contribution >= 0.6 is 12.2 Å². The van der Waals surface area contributed by atoms with Gasteiger partial charge in [-0.1, -0.05) is 6.92 Å². The third-order valence-corrected chi connectivity index (χ3v) is 5.77. The van der Waals surface area contributed by atoms with Crippen LogP contribution in [0.3, 0.4) is 0 Å². The van der Waals surface area contributed by atoms with Crippen LogP contribution in [0.5, 0.6) is 0 Å². The number of carbonyl (C=O) groups excluding carboxylic acids is 1. The molecule has 0 radical (unpaired) electrons. The Hall–Kier alpha value is -1.22. The largest absolute Gasteiger partial charge is 0.348 e. The van der Waals surface area contributed by atoms with Crippen molar-refractivity contribution in [2.45, 2.75) is 45.2 Å². The highest BCUT2D eigenvalue weighted by atomic mass is 32.2. The molecule has 9 heteroatoms. The number of H-pyrrole nitrogens is 1. The third kappa shape index (κ3) is 3.91. The smallest absolute Gasteiger partial charge is 0.240 e. The highest BCUT2D eigenvalue weighted by Crippen LogP contribution is 2.22. The van der Waals surface area contributed by atoms with E-state index in [2.05, 4.69) is 15.5 Å². The maximum absolute atomic E-state index is 12.2. The minimum absolute atomic E-state index is 0.00958. The molecule has 0 saturated carbocycles. The van der Waals surface area contributed by atoms with Crippen LogP contribution in [0.15, 0.2) is 0 Å². The van der Waals surface area contributed by atoms with Crippen molar-refractivity contribution in [3.8, 4) is 0 Å². The van der Waals surface area contributed by atoms with E-state index >= 15 is 0 Å². The highest BCUT2D eigenvalue weighted by molar-refractivity contribution is 7.91. The van der Waals surface area contributed by atoms with Crippen molar-refractivity contribution in [2.24, 2.45) is 0 Å². The van der Waals surface area contributed by atoms with E-state index in [4.69, 9.17) is 12.2 Å². The van der Waals surface area contributed by atoms with Gasteiger partial charge in [0.15, 0.2) is 14.6 Å². The number of nitrogens with zero attached hydrogens (tertiary/aromatic N) is 2. The summed E-state index contributed by atoms with van der Waals surface area (Å²) >= 11 is 5.12. The summed E-state index contributed by atoms with van der Waals surface area (Å²) in [6.07, 6.45) is 2.07. The third-order valence-electron chi connectivity index (χ3n) is 3.56. The fourth-order valence-corrected chi connectivity index (χ4v) is 4.87. The molecule has 1 unspecified atom stereocenters. The summed E-state index contributed by atoms with van der Waals surface area (Å²) < 4.78 is 25.2. The van der Waals surface area contributed by atoms with Gasteiger partial charge in [-0.2, -0.15) is 5.10 Å². The fraction of sp³-hybridized carbons (Fsp3) is 0.750. The topological polar surface area (TPSA) is 96.8 Å². The quantitative estimate of drug-likeness (QED) is 0.769. The fourth-order valence-electron chi connectivity index (χ4n) is 2.56. The van der Waals surface area contributed by atoms with E-state index in [0.717, 1.165) is 18.7 Å². The Bertz CT molecular complexity index is 692. The maximum Gasteiger partial charge on any atom is 0.240 e. The van der Waals surface area contributed by atoms with E-state index < -0.39 is 15.4 Å². The minimum atomic E-state index is -3.05. The van der Waals surface area contributed by atoms with Crippen molar-refractivity contribution in [1.82, 2.24) is 20.1 Å². The van der Waals surface area contributed by atoms with Gasteiger partial charge in [0.05, 0.1) is 17.0 Å². The Labute approximate surface area is 129 Å². The molecule has 2 rings (SSSR count). The Morgan fingerprint density at radius 1 is 1.57 bits per heavy atom. The first-order chi connectivity index (χ1) is 9.75. The van der Waals surface area contributed by atoms with Gasteiger partial charge >= 0.3 is 0 Å². The van der Waals surface area contributed by atoms with Crippen LogP contribution in [0, 0.1) is 4.77 Å². The first kappa shape index (κ1) is 16.2. The molecule has 1 aliphatic heterocycles. The number of sulfone groups is 1. The number of hydrogen-bond acceptors (Lipinski definition) is 5. The van der Waals surface area contributed by atoms with Crippen LogP contribution in [-0.2, 0) is 27.6 Å². The summed E-state index contributed by atoms with van der Waals surface area (Å²) in [6.45, 7) is 3.84. The van der Waals surface area contributed by atoms with Gasteiger partial charge in [-0.3, -0.25) is 14.5 Å². The molecule has 2 N–H and O–H groups in total. The van der Waals surface area contributed by atoms with Crippen molar-refractivity contribution in [2.75, 3.05) is 11.5 Å². The van der Waals surface area contributed by atoms with E-state index in [1.807, 2.05) is 6.92 Å². The SMILES string of the molecule is CCCc1n[nH]c(=S)n1CC(=O)NC1(C)CCS(=O)(=O)C1. The van der Waals surface area contributed by atoms with Gasteiger partial charge < -0.3 is 5.32 Å². The van der Waals surface area contributed by atoms with Gasteiger partial charge in [-0.25, -0.2) is 8.42 Å². The summed E-state index contributed by atoms with van der Waals surface area (Å²) in [4.78, 5) is 12.2. The molecule has 7 nitrogen and oxygen atoms in total. The number of aryl methyl sites for hydroxylation is 1. The zero-order valence-corrected chi connectivity index (χ0v) is 13.8. The molecule has 1 amide bonds. The number of nitrogens with one attached hydrogen (secondary N) is 2. The zero-order valence-electron chi connectivity index (χ0n) is 12.2. The normalized spacial score (nSPS) is 24.1. The first-order valence-corrected chi connectivity index (χ1v) is 9.13. The van der Waals surface area contributed by atoms with E-state index in [9.17, 15) is 13.2 Å². The molecule has 1 fully saturated rings. The molecule has 0 aromatic carbocycles. The summed E-state index contributed by atoms with van der Waals surface area (Å²) in [5.74, 6) is 0.603. The average molecular weight is 332 g/mol. The zero-order chi connectivity index (χ0) is 15.7. The predicted molar refractivity (Wildman–Crippen MR) is 81.2 cm³/mol. The summed E-state index contributed by atoms with van der Waals surface area (Å²) in [5.41, 5.74) is -0.688. The van der Waals surface area contributed by atoms with Gasteiger partial charge in [0.2, 0.25) is 5.91 Å². The van der Waals surface area contributed by atoms with Gasteiger partial charge in [-0.15, -0.1) is 0 Å². The van der Waals surface area contributed by atoms with Gasteiger partial charge in [0, 0.05) is 6.42 Å². The second-order valence-corrected chi connectivity index (χ2v) is 8.30. The lowest BCUT2D eigenvalue weighted by Crippen LogP contribution is -2.48. The molecule has 0 spiro atoms. The molecule has 118 valence electrons. The Morgan fingerprint density at radius 2 is 2.29 bits per heavy atom. The average Bonchev–Trinajstić information content (AvgIpc) is 2.82. The molecule has 1 aromatic rings. The second-order valence-electron chi connectivity index (χ2n) is 5.73. The van der Waals surface area contributed by atoms with Crippen LogP contribution in [-0.4, -0.2) is 46.1 Å². The Kier molecular flexibility index (Phi) is 4.52. The van der Waals surface area contributed by atoms with Gasteiger partial charge in [0.1, 0.15) is 12.4 Å². The van der Waals surface area contributed by atoms with Crippen molar-refractivity contribution in [3.63, 3.8) is 0 Å². The van der Waals surface area contributed by atoms with Crippen molar-refractivity contribution >= 4 is 28.0 Å². The Balaban J connectivity index is 2.06. The number of amides is 1. The van der Waals surface area contributed by atoms with Crippen LogP contribution in [0.25, 0.3) is 0 Å². The predicted octanol–water partition coefficient (Wildman–Crippen LogP) is 0.587. The maximum atomic E-state index is 12.2. The number of hydrogen-bond donors (Lipinski definition) is 2. The summed E-state index contributed by atoms with van der Waals surface area (Å²) in [7, 11) is -3.05. The lowest BCUT2D eigenvalue weighted by molar-refractivity contribution is -0.123. The number of aromatic nitrogens is 3. The minimum Gasteiger partial charge on any atom is -0.348 e. The number of carbonyl (C=O) groups is 1. The summed E-state index contributed by atoms with van der Waals surface area (Å²) in [6, 6.07) is 0. The van der Waals surface area contributed by atoms with Crippen molar-refractivity contribution < 1.29 is 13.2 Å².